The SMILES string of the molecule is COCCNC(C)(CO)CCc1ccc2c(c1)OCO2. The standard InChI is InChI=1S/C15H23NO4/c1-15(10-17,16-7-8-18-2)6-5-12-3-4-13-14(9-12)20-11-19-13/h3-4,9,16-17H,5-8,10-11H2,1-2H3. The van der Waals surface area contributed by atoms with E-state index in [4.69, 9.17) is 14.2 Å². The third-order valence-electron chi connectivity index (χ3n) is 3.61. The fraction of sp³-hybridized carbons (Fsp3) is 0.600. The average molecular weight is 281 g/mol. The summed E-state index contributed by atoms with van der Waals surface area (Å²) in [6.07, 6.45) is 1.71. The van der Waals surface area contributed by atoms with Gasteiger partial charge in [-0.15, -0.1) is 0 Å². The summed E-state index contributed by atoms with van der Waals surface area (Å²) in [4.78, 5) is 0. The van der Waals surface area contributed by atoms with Gasteiger partial charge in [-0.25, -0.2) is 0 Å². The molecule has 0 bridgehead atoms. The van der Waals surface area contributed by atoms with Gasteiger partial charge >= 0.3 is 0 Å². The van der Waals surface area contributed by atoms with Crippen molar-refractivity contribution in [2.24, 2.45) is 0 Å². The monoisotopic (exact) mass is 281 g/mol. The lowest BCUT2D eigenvalue weighted by atomic mass is 9.94. The Morgan fingerprint density at radius 3 is 2.90 bits per heavy atom. The molecular formula is C15H23NO4. The Morgan fingerprint density at radius 2 is 2.15 bits per heavy atom. The molecular weight excluding hydrogens is 258 g/mol. The van der Waals surface area contributed by atoms with E-state index in [1.165, 1.54) is 5.56 Å². The van der Waals surface area contributed by atoms with Crippen LogP contribution in [0.3, 0.4) is 0 Å². The zero-order chi connectivity index (χ0) is 14.4. The molecule has 0 radical (unpaired) electrons. The van der Waals surface area contributed by atoms with Crippen LogP contribution in [0.4, 0.5) is 0 Å². The molecule has 5 heteroatoms. The van der Waals surface area contributed by atoms with E-state index in [2.05, 4.69) is 5.32 Å². The second kappa shape index (κ2) is 6.92. The van der Waals surface area contributed by atoms with E-state index in [1.54, 1.807) is 7.11 Å². The summed E-state index contributed by atoms with van der Waals surface area (Å²) in [5, 5.41) is 12.9. The third-order valence-corrected chi connectivity index (χ3v) is 3.61. The molecule has 112 valence electrons. The minimum atomic E-state index is -0.297. The number of aliphatic hydroxyl groups excluding tert-OH is 1. The number of ether oxygens (including phenoxy) is 3. The van der Waals surface area contributed by atoms with E-state index >= 15 is 0 Å². The van der Waals surface area contributed by atoms with Crippen molar-refractivity contribution in [3.8, 4) is 11.5 Å². The van der Waals surface area contributed by atoms with Gasteiger partial charge in [0, 0.05) is 19.2 Å². The summed E-state index contributed by atoms with van der Waals surface area (Å²) in [6.45, 7) is 3.79. The number of aryl methyl sites for hydroxylation is 1. The topological polar surface area (TPSA) is 60.0 Å². The number of hydrogen-bond acceptors (Lipinski definition) is 5. The summed E-state index contributed by atoms with van der Waals surface area (Å²) < 4.78 is 15.7. The molecule has 1 unspecified atom stereocenters. The van der Waals surface area contributed by atoms with Gasteiger partial charge in [0.2, 0.25) is 6.79 Å². The van der Waals surface area contributed by atoms with Crippen molar-refractivity contribution >= 4 is 0 Å². The van der Waals surface area contributed by atoms with Crippen molar-refractivity contribution in [1.29, 1.82) is 0 Å². The molecule has 1 atom stereocenters. The third kappa shape index (κ3) is 3.85. The van der Waals surface area contributed by atoms with Crippen molar-refractivity contribution in [2.45, 2.75) is 25.3 Å². The Balaban J connectivity index is 1.89. The van der Waals surface area contributed by atoms with E-state index in [9.17, 15) is 5.11 Å². The fourth-order valence-corrected chi connectivity index (χ4v) is 2.19. The molecule has 0 saturated carbocycles. The lowest BCUT2D eigenvalue weighted by Gasteiger charge is -2.29. The van der Waals surface area contributed by atoms with Gasteiger partial charge in [-0.3, -0.25) is 0 Å². The molecule has 0 saturated heterocycles. The Bertz CT molecular complexity index is 438. The summed E-state index contributed by atoms with van der Waals surface area (Å²) >= 11 is 0. The number of benzene rings is 1. The van der Waals surface area contributed by atoms with Gasteiger partial charge in [0.25, 0.3) is 0 Å². The van der Waals surface area contributed by atoms with Crippen LogP contribution < -0.4 is 14.8 Å². The normalized spacial score (nSPS) is 16.1. The van der Waals surface area contributed by atoms with Crippen LogP contribution in [0.1, 0.15) is 18.9 Å². The van der Waals surface area contributed by atoms with Crippen LogP contribution in [-0.2, 0) is 11.2 Å². The molecule has 1 aromatic carbocycles. The summed E-state index contributed by atoms with van der Waals surface area (Å²) in [5.41, 5.74) is 0.886. The summed E-state index contributed by atoms with van der Waals surface area (Å²) in [6, 6.07) is 5.99. The van der Waals surface area contributed by atoms with Crippen LogP contribution in [0, 0.1) is 0 Å². The van der Waals surface area contributed by atoms with Gasteiger partial charge in [0.05, 0.1) is 13.2 Å². The average Bonchev–Trinajstić information content (AvgIpc) is 2.93. The van der Waals surface area contributed by atoms with Crippen LogP contribution in [0.15, 0.2) is 18.2 Å². The predicted molar refractivity (Wildman–Crippen MR) is 76.3 cm³/mol. The molecule has 1 aromatic rings. The smallest absolute Gasteiger partial charge is 0.231 e. The first-order valence-electron chi connectivity index (χ1n) is 6.90. The number of methoxy groups -OCH3 is 1. The number of nitrogens with one attached hydrogen (secondary N) is 1. The van der Waals surface area contributed by atoms with Crippen molar-refractivity contribution in [3.63, 3.8) is 0 Å². The van der Waals surface area contributed by atoms with Crippen molar-refractivity contribution in [3.05, 3.63) is 23.8 Å². The first-order valence-corrected chi connectivity index (χ1v) is 6.90. The maximum atomic E-state index is 9.57. The first kappa shape index (κ1) is 15.1. The van der Waals surface area contributed by atoms with E-state index in [-0.39, 0.29) is 12.1 Å². The molecule has 5 nitrogen and oxygen atoms in total. The number of hydrogen-bond donors (Lipinski definition) is 2. The summed E-state index contributed by atoms with van der Waals surface area (Å²) in [5.74, 6) is 1.61. The largest absolute Gasteiger partial charge is 0.454 e. The lowest BCUT2D eigenvalue weighted by Crippen LogP contribution is -2.47. The highest BCUT2D eigenvalue weighted by Gasteiger charge is 2.22. The summed E-state index contributed by atoms with van der Waals surface area (Å²) in [7, 11) is 1.67. The van der Waals surface area contributed by atoms with Gasteiger partial charge in [-0.05, 0) is 37.5 Å². The molecule has 1 heterocycles. The van der Waals surface area contributed by atoms with Gasteiger partial charge in [-0.1, -0.05) is 6.07 Å². The minimum absolute atomic E-state index is 0.0985. The molecule has 0 aliphatic carbocycles. The van der Waals surface area contributed by atoms with Gasteiger partial charge in [0.15, 0.2) is 11.5 Å². The predicted octanol–water partition coefficient (Wildman–Crippen LogP) is 1.33. The van der Waals surface area contributed by atoms with Gasteiger partial charge in [-0.2, -0.15) is 0 Å². The Labute approximate surface area is 119 Å². The highest BCUT2D eigenvalue weighted by atomic mass is 16.7. The van der Waals surface area contributed by atoms with Gasteiger partial charge in [0.1, 0.15) is 0 Å². The maximum Gasteiger partial charge on any atom is 0.231 e. The first-order chi connectivity index (χ1) is 9.67. The van der Waals surface area contributed by atoms with E-state index in [1.807, 2.05) is 25.1 Å². The number of rotatable bonds is 8. The van der Waals surface area contributed by atoms with Crippen LogP contribution in [0.5, 0.6) is 11.5 Å². The van der Waals surface area contributed by atoms with Crippen LogP contribution in [0.25, 0.3) is 0 Å². The molecule has 2 rings (SSSR count). The van der Waals surface area contributed by atoms with E-state index < -0.39 is 0 Å². The molecule has 0 spiro atoms. The fourth-order valence-electron chi connectivity index (χ4n) is 2.19. The molecule has 0 aromatic heterocycles. The zero-order valence-corrected chi connectivity index (χ0v) is 12.1. The molecule has 1 aliphatic heterocycles. The van der Waals surface area contributed by atoms with E-state index in [0.29, 0.717) is 13.4 Å². The van der Waals surface area contributed by atoms with E-state index in [0.717, 1.165) is 30.9 Å². The minimum Gasteiger partial charge on any atom is -0.454 e. The molecule has 0 amide bonds. The molecule has 20 heavy (non-hydrogen) atoms. The van der Waals surface area contributed by atoms with Crippen molar-refractivity contribution in [1.82, 2.24) is 5.32 Å². The highest BCUT2D eigenvalue weighted by molar-refractivity contribution is 5.44. The Hall–Kier alpha value is -1.30. The second-order valence-electron chi connectivity index (χ2n) is 5.33. The lowest BCUT2D eigenvalue weighted by molar-refractivity contribution is 0.142. The van der Waals surface area contributed by atoms with Crippen LogP contribution >= 0.6 is 0 Å². The highest BCUT2D eigenvalue weighted by Crippen LogP contribution is 2.33. The number of fused-ring (bicyclic) bond motifs is 1. The molecule has 2 N–H and O–H groups in total. The zero-order valence-electron chi connectivity index (χ0n) is 12.1. The second-order valence-corrected chi connectivity index (χ2v) is 5.33. The van der Waals surface area contributed by atoms with Crippen molar-refractivity contribution in [2.75, 3.05) is 33.7 Å². The Morgan fingerprint density at radius 1 is 1.35 bits per heavy atom. The maximum absolute atomic E-state index is 9.57. The van der Waals surface area contributed by atoms with Crippen molar-refractivity contribution < 1.29 is 19.3 Å². The molecule has 1 aliphatic rings. The van der Waals surface area contributed by atoms with Crippen LogP contribution in [0.2, 0.25) is 0 Å². The molecule has 0 fully saturated rings. The Kier molecular flexibility index (Phi) is 5.23. The quantitative estimate of drug-likeness (QED) is 0.704. The van der Waals surface area contributed by atoms with Gasteiger partial charge < -0.3 is 24.6 Å². The number of aliphatic hydroxyl groups is 1. The van der Waals surface area contributed by atoms with Crippen LogP contribution in [-0.4, -0.2) is 44.3 Å².